The second-order valence-electron chi connectivity index (χ2n) is 7.68. The smallest absolute Gasteiger partial charge is 0.259 e. The number of nitrogens with zero attached hydrogens (tertiary/aromatic N) is 5. The fourth-order valence-electron chi connectivity index (χ4n) is 3.62. The molecule has 0 radical (unpaired) electrons. The van der Waals surface area contributed by atoms with Gasteiger partial charge in [-0.1, -0.05) is 18.2 Å². The molecule has 0 bridgehead atoms. The lowest BCUT2D eigenvalue weighted by Crippen LogP contribution is -2.31. The van der Waals surface area contributed by atoms with Crippen molar-refractivity contribution in [3.63, 3.8) is 0 Å². The molecular formula is C25H26N6O2. The molecule has 0 fully saturated rings. The van der Waals surface area contributed by atoms with E-state index in [4.69, 9.17) is 0 Å². The molecule has 2 aromatic carbocycles. The van der Waals surface area contributed by atoms with E-state index in [1.807, 2.05) is 58.0 Å². The third-order valence-corrected chi connectivity index (χ3v) is 5.62. The van der Waals surface area contributed by atoms with Gasteiger partial charge in [-0.05, 0) is 58.0 Å². The summed E-state index contributed by atoms with van der Waals surface area (Å²) in [5.41, 5.74) is 4.52. The molecule has 168 valence electrons. The van der Waals surface area contributed by atoms with Gasteiger partial charge in [-0.15, -0.1) is 0 Å². The zero-order chi connectivity index (χ0) is 23.5. The fraction of sp³-hybridized carbons (Fsp3) is 0.240. The number of carbonyl (C=O) groups is 2. The van der Waals surface area contributed by atoms with Crippen LogP contribution in [0, 0.1) is 13.8 Å². The number of hydrogen-bond acceptors (Lipinski definition) is 5. The first kappa shape index (κ1) is 22.1. The van der Waals surface area contributed by atoms with E-state index >= 15 is 0 Å². The minimum atomic E-state index is -0.358. The number of carbonyl (C=O) groups excluding carboxylic acids is 2. The van der Waals surface area contributed by atoms with Crippen LogP contribution in [0.5, 0.6) is 0 Å². The molecule has 0 aliphatic carbocycles. The minimum Gasteiger partial charge on any atom is -0.339 e. The Balaban J connectivity index is 1.75. The first-order valence-corrected chi connectivity index (χ1v) is 10.9. The predicted octanol–water partition coefficient (Wildman–Crippen LogP) is 4.17. The molecule has 8 nitrogen and oxygen atoms in total. The highest BCUT2D eigenvalue weighted by Crippen LogP contribution is 2.23. The molecule has 0 aliphatic rings. The molecule has 4 aromatic rings. The highest BCUT2D eigenvalue weighted by atomic mass is 16.2. The van der Waals surface area contributed by atoms with Gasteiger partial charge in [-0.25, -0.2) is 14.6 Å². The van der Waals surface area contributed by atoms with Gasteiger partial charge in [0, 0.05) is 18.7 Å². The summed E-state index contributed by atoms with van der Waals surface area (Å²) in [5.74, 6) is -0.217. The predicted molar refractivity (Wildman–Crippen MR) is 128 cm³/mol. The Bertz CT molecular complexity index is 1330. The number of benzene rings is 2. The summed E-state index contributed by atoms with van der Waals surface area (Å²) < 4.78 is 1.57. The van der Waals surface area contributed by atoms with Crippen LogP contribution >= 0.6 is 0 Å². The largest absolute Gasteiger partial charge is 0.339 e. The SMILES string of the molecule is CCN(CC)C(=O)c1cnn(-c2ccccc2)c1NC(=O)c1ccc2nc(C)c(C)nc2c1. The second-order valence-corrected chi connectivity index (χ2v) is 7.68. The summed E-state index contributed by atoms with van der Waals surface area (Å²) in [4.78, 5) is 37.2. The normalized spacial score (nSPS) is 10.9. The van der Waals surface area contributed by atoms with Gasteiger partial charge < -0.3 is 10.2 Å². The summed E-state index contributed by atoms with van der Waals surface area (Å²) in [6, 6.07) is 14.6. The Kier molecular flexibility index (Phi) is 6.17. The van der Waals surface area contributed by atoms with Crippen LogP contribution in [-0.4, -0.2) is 49.6 Å². The molecular weight excluding hydrogens is 416 g/mol. The van der Waals surface area contributed by atoms with Crippen LogP contribution in [0.3, 0.4) is 0 Å². The van der Waals surface area contributed by atoms with Gasteiger partial charge in [0.25, 0.3) is 11.8 Å². The summed E-state index contributed by atoms with van der Waals surface area (Å²) in [5, 5.41) is 7.32. The Morgan fingerprint density at radius 3 is 2.27 bits per heavy atom. The summed E-state index contributed by atoms with van der Waals surface area (Å²) in [6.45, 7) is 8.74. The number of para-hydroxylation sites is 1. The van der Waals surface area contributed by atoms with Crippen molar-refractivity contribution >= 4 is 28.7 Å². The lowest BCUT2D eigenvalue weighted by molar-refractivity contribution is 0.0774. The number of nitrogens with one attached hydrogen (secondary N) is 1. The molecule has 0 atom stereocenters. The van der Waals surface area contributed by atoms with E-state index in [2.05, 4.69) is 20.4 Å². The standard InChI is InChI=1S/C25H26N6O2/c1-5-30(6-2)25(33)20-15-26-31(19-10-8-7-9-11-19)23(20)29-24(32)18-12-13-21-22(14-18)28-17(4)16(3)27-21/h7-15H,5-6H2,1-4H3,(H,29,32). The van der Waals surface area contributed by atoms with E-state index in [0.717, 1.165) is 22.6 Å². The molecule has 33 heavy (non-hydrogen) atoms. The maximum atomic E-state index is 13.2. The van der Waals surface area contributed by atoms with E-state index in [1.54, 1.807) is 27.8 Å². The highest BCUT2D eigenvalue weighted by Gasteiger charge is 2.24. The molecule has 8 heteroatoms. The topological polar surface area (TPSA) is 93.0 Å². The average Bonchev–Trinajstić information content (AvgIpc) is 3.24. The number of hydrogen-bond donors (Lipinski definition) is 1. The van der Waals surface area contributed by atoms with Gasteiger partial charge in [0.15, 0.2) is 0 Å². The van der Waals surface area contributed by atoms with Gasteiger partial charge in [-0.3, -0.25) is 9.59 Å². The van der Waals surface area contributed by atoms with Crippen LogP contribution in [-0.2, 0) is 0 Å². The molecule has 0 saturated heterocycles. The molecule has 2 aromatic heterocycles. The molecule has 0 spiro atoms. The minimum absolute atomic E-state index is 0.187. The zero-order valence-electron chi connectivity index (χ0n) is 19.2. The molecule has 0 aliphatic heterocycles. The molecule has 0 unspecified atom stereocenters. The zero-order valence-corrected chi connectivity index (χ0v) is 19.2. The monoisotopic (exact) mass is 442 g/mol. The van der Waals surface area contributed by atoms with Crippen LogP contribution in [0.4, 0.5) is 5.82 Å². The Morgan fingerprint density at radius 1 is 0.939 bits per heavy atom. The molecule has 0 saturated carbocycles. The van der Waals surface area contributed by atoms with E-state index in [-0.39, 0.29) is 11.8 Å². The van der Waals surface area contributed by atoms with Crippen molar-refractivity contribution in [2.45, 2.75) is 27.7 Å². The lowest BCUT2D eigenvalue weighted by atomic mass is 10.1. The van der Waals surface area contributed by atoms with Crippen LogP contribution in [0.25, 0.3) is 16.7 Å². The van der Waals surface area contributed by atoms with Crippen LogP contribution < -0.4 is 5.32 Å². The number of rotatable bonds is 6. The maximum absolute atomic E-state index is 13.2. The van der Waals surface area contributed by atoms with Crippen molar-refractivity contribution in [3.05, 3.63) is 77.2 Å². The average molecular weight is 443 g/mol. The van der Waals surface area contributed by atoms with Crippen molar-refractivity contribution in [1.29, 1.82) is 0 Å². The number of amides is 2. The number of anilines is 1. The van der Waals surface area contributed by atoms with Gasteiger partial charge in [0.05, 0.1) is 34.3 Å². The number of aryl methyl sites for hydroxylation is 2. The van der Waals surface area contributed by atoms with Crippen molar-refractivity contribution in [3.8, 4) is 5.69 Å². The molecule has 2 heterocycles. The van der Waals surface area contributed by atoms with Crippen molar-refractivity contribution in [1.82, 2.24) is 24.6 Å². The fourth-order valence-corrected chi connectivity index (χ4v) is 3.62. The summed E-state index contributed by atoms with van der Waals surface area (Å²) >= 11 is 0. The van der Waals surface area contributed by atoms with E-state index < -0.39 is 0 Å². The highest BCUT2D eigenvalue weighted by molar-refractivity contribution is 6.09. The first-order chi connectivity index (χ1) is 15.9. The van der Waals surface area contributed by atoms with E-state index in [9.17, 15) is 9.59 Å². The summed E-state index contributed by atoms with van der Waals surface area (Å²) in [6.07, 6.45) is 1.50. The quantitative estimate of drug-likeness (QED) is 0.484. The first-order valence-electron chi connectivity index (χ1n) is 10.9. The lowest BCUT2D eigenvalue weighted by Gasteiger charge is -2.19. The third-order valence-electron chi connectivity index (χ3n) is 5.62. The van der Waals surface area contributed by atoms with Crippen molar-refractivity contribution in [2.75, 3.05) is 18.4 Å². The third kappa shape index (κ3) is 4.32. The van der Waals surface area contributed by atoms with E-state index in [1.165, 1.54) is 6.20 Å². The van der Waals surface area contributed by atoms with Gasteiger partial charge in [0.1, 0.15) is 11.4 Å². The summed E-state index contributed by atoms with van der Waals surface area (Å²) in [7, 11) is 0. The van der Waals surface area contributed by atoms with Crippen LogP contribution in [0.15, 0.2) is 54.7 Å². The van der Waals surface area contributed by atoms with Crippen molar-refractivity contribution in [2.24, 2.45) is 0 Å². The van der Waals surface area contributed by atoms with E-state index in [0.29, 0.717) is 35.6 Å². The van der Waals surface area contributed by atoms with Gasteiger partial charge >= 0.3 is 0 Å². The number of aromatic nitrogens is 4. The maximum Gasteiger partial charge on any atom is 0.259 e. The van der Waals surface area contributed by atoms with Gasteiger partial charge in [0.2, 0.25) is 0 Å². The number of fused-ring (bicyclic) bond motifs is 1. The van der Waals surface area contributed by atoms with Crippen molar-refractivity contribution < 1.29 is 9.59 Å². The Hall–Kier alpha value is -4.07. The molecule has 1 N–H and O–H groups in total. The molecule has 4 rings (SSSR count). The molecule has 2 amide bonds. The second kappa shape index (κ2) is 9.20. The van der Waals surface area contributed by atoms with Crippen LogP contribution in [0.1, 0.15) is 46.0 Å². The Morgan fingerprint density at radius 2 is 1.61 bits per heavy atom. The van der Waals surface area contributed by atoms with Crippen LogP contribution in [0.2, 0.25) is 0 Å². The Labute approximate surface area is 192 Å². The van der Waals surface area contributed by atoms with Gasteiger partial charge in [-0.2, -0.15) is 5.10 Å².